The van der Waals surface area contributed by atoms with Crippen LogP contribution in [0.4, 0.5) is 5.69 Å². The monoisotopic (exact) mass is 463 g/mol. The van der Waals surface area contributed by atoms with Crippen LogP contribution >= 0.6 is 11.6 Å². The molecule has 5 rings (SSSR count). The molecule has 1 aromatic carbocycles. The molecular weight excluding hydrogens is 434 g/mol. The molecule has 1 saturated heterocycles. The largest absolute Gasteiger partial charge is 0.365 e. The Labute approximate surface area is 200 Å². The predicted molar refractivity (Wildman–Crippen MR) is 131 cm³/mol. The van der Waals surface area contributed by atoms with E-state index < -0.39 is 5.41 Å². The molecule has 1 aliphatic heterocycles. The fourth-order valence-corrected chi connectivity index (χ4v) is 5.73. The molecule has 0 unspecified atom stereocenters. The fraction of sp³-hybridized carbons (Fsp3) is 0.423. The van der Waals surface area contributed by atoms with Crippen molar-refractivity contribution < 1.29 is 4.79 Å². The molecule has 0 radical (unpaired) electrons. The summed E-state index contributed by atoms with van der Waals surface area (Å²) in [7, 11) is 0. The second-order valence-corrected chi connectivity index (χ2v) is 9.63. The number of nitrogens with zero attached hydrogens (tertiary/aromatic N) is 5. The lowest BCUT2D eigenvalue weighted by Crippen LogP contribution is -2.54. The normalized spacial score (nSPS) is 18.0. The van der Waals surface area contributed by atoms with Gasteiger partial charge in [0.2, 0.25) is 5.91 Å². The van der Waals surface area contributed by atoms with Crippen molar-refractivity contribution in [1.29, 1.82) is 0 Å². The summed E-state index contributed by atoms with van der Waals surface area (Å²) in [5.74, 6) is 1.10. The second kappa shape index (κ2) is 8.82. The molecular formula is C26H30ClN5O. The number of pyridine rings is 1. The summed E-state index contributed by atoms with van der Waals surface area (Å²) in [5.41, 5.74) is 3.94. The molecule has 6 nitrogen and oxygen atoms in total. The van der Waals surface area contributed by atoms with Crippen molar-refractivity contribution >= 4 is 23.2 Å². The van der Waals surface area contributed by atoms with Crippen LogP contribution < -0.4 is 4.90 Å². The Morgan fingerprint density at radius 2 is 1.67 bits per heavy atom. The van der Waals surface area contributed by atoms with Gasteiger partial charge in [-0.2, -0.15) is 5.10 Å². The van der Waals surface area contributed by atoms with Gasteiger partial charge in [-0.15, -0.1) is 0 Å². The van der Waals surface area contributed by atoms with Crippen molar-refractivity contribution in [3.8, 4) is 5.82 Å². The van der Waals surface area contributed by atoms with Gasteiger partial charge < -0.3 is 9.80 Å². The van der Waals surface area contributed by atoms with Crippen LogP contribution in [0.3, 0.4) is 0 Å². The number of benzene rings is 1. The number of piperazine rings is 1. The van der Waals surface area contributed by atoms with E-state index >= 15 is 0 Å². The van der Waals surface area contributed by atoms with E-state index in [-0.39, 0.29) is 5.91 Å². The smallest absolute Gasteiger partial charge is 0.233 e. The van der Waals surface area contributed by atoms with Crippen molar-refractivity contribution in [1.82, 2.24) is 19.7 Å². The average Bonchev–Trinajstić information content (AvgIpc) is 3.45. The second-order valence-electron chi connectivity index (χ2n) is 9.19. The summed E-state index contributed by atoms with van der Waals surface area (Å²) in [6.45, 7) is 7.20. The van der Waals surface area contributed by atoms with Gasteiger partial charge >= 0.3 is 0 Å². The average molecular weight is 464 g/mol. The first-order valence-corrected chi connectivity index (χ1v) is 12.2. The van der Waals surface area contributed by atoms with Crippen LogP contribution in [0.2, 0.25) is 5.02 Å². The number of anilines is 1. The lowest BCUT2D eigenvalue weighted by atomic mass is 9.77. The molecule has 3 heterocycles. The van der Waals surface area contributed by atoms with E-state index in [4.69, 9.17) is 16.7 Å². The van der Waals surface area contributed by atoms with Gasteiger partial charge in [-0.1, -0.05) is 42.6 Å². The third-order valence-electron chi connectivity index (χ3n) is 7.27. The standard InChI is InChI=1S/C26H30ClN5O/c1-19-24(20(2)32(29-19)23-7-3-6-14-28-23)30-15-17-31(18-16-30)25(33)26(12-4-5-13-26)21-8-10-22(27)11-9-21/h3,6-11,14H,4-5,12-13,15-18H2,1-2H3. The van der Waals surface area contributed by atoms with Gasteiger partial charge in [0.05, 0.1) is 22.5 Å². The molecule has 1 amide bonds. The Morgan fingerprint density at radius 3 is 2.30 bits per heavy atom. The van der Waals surface area contributed by atoms with Crippen LogP contribution in [0, 0.1) is 13.8 Å². The number of hydrogen-bond donors (Lipinski definition) is 0. The van der Waals surface area contributed by atoms with E-state index in [0.29, 0.717) is 5.02 Å². The number of amides is 1. The highest BCUT2D eigenvalue weighted by Crippen LogP contribution is 2.43. The minimum atomic E-state index is -0.400. The van der Waals surface area contributed by atoms with Crippen LogP contribution in [0.1, 0.15) is 42.6 Å². The summed E-state index contributed by atoms with van der Waals surface area (Å²) in [6.07, 6.45) is 5.82. The van der Waals surface area contributed by atoms with Gasteiger partial charge in [-0.3, -0.25) is 4.79 Å². The maximum atomic E-state index is 13.8. The van der Waals surface area contributed by atoms with Crippen LogP contribution in [0.25, 0.3) is 5.82 Å². The van der Waals surface area contributed by atoms with E-state index in [1.165, 1.54) is 0 Å². The number of hydrogen-bond acceptors (Lipinski definition) is 4. The van der Waals surface area contributed by atoms with Crippen LogP contribution in [-0.4, -0.2) is 51.8 Å². The predicted octanol–water partition coefficient (Wildman–Crippen LogP) is 4.70. The highest BCUT2D eigenvalue weighted by molar-refractivity contribution is 6.30. The molecule has 1 saturated carbocycles. The Kier molecular flexibility index (Phi) is 5.87. The Hall–Kier alpha value is -2.86. The highest BCUT2D eigenvalue weighted by Gasteiger charge is 2.45. The molecule has 0 spiro atoms. The fourth-order valence-electron chi connectivity index (χ4n) is 5.60. The third kappa shape index (κ3) is 3.90. The van der Waals surface area contributed by atoms with Gasteiger partial charge in [0, 0.05) is 37.4 Å². The molecule has 2 fully saturated rings. The zero-order valence-electron chi connectivity index (χ0n) is 19.3. The molecule has 1 aliphatic carbocycles. The van der Waals surface area contributed by atoms with Gasteiger partial charge in [0.25, 0.3) is 0 Å². The number of halogens is 1. The van der Waals surface area contributed by atoms with Gasteiger partial charge in [0.15, 0.2) is 5.82 Å². The molecule has 0 bridgehead atoms. The van der Waals surface area contributed by atoms with Crippen molar-refractivity contribution in [2.24, 2.45) is 0 Å². The zero-order chi connectivity index (χ0) is 23.0. The summed E-state index contributed by atoms with van der Waals surface area (Å²) < 4.78 is 1.91. The van der Waals surface area contributed by atoms with Crippen LogP contribution in [0.5, 0.6) is 0 Å². The topological polar surface area (TPSA) is 54.3 Å². The molecule has 33 heavy (non-hydrogen) atoms. The molecule has 172 valence electrons. The molecule has 0 atom stereocenters. The SMILES string of the molecule is Cc1nn(-c2ccccn2)c(C)c1N1CCN(C(=O)C2(c3ccc(Cl)cc3)CCCC2)CC1. The molecule has 2 aromatic heterocycles. The Morgan fingerprint density at radius 1 is 0.970 bits per heavy atom. The number of aromatic nitrogens is 3. The maximum absolute atomic E-state index is 13.8. The quantitative estimate of drug-likeness (QED) is 0.562. The lowest BCUT2D eigenvalue weighted by molar-refractivity contribution is -0.137. The van der Waals surface area contributed by atoms with Crippen LogP contribution in [0.15, 0.2) is 48.7 Å². The van der Waals surface area contributed by atoms with E-state index in [0.717, 1.165) is 80.3 Å². The van der Waals surface area contributed by atoms with Gasteiger partial charge in [-0.05, 0) is 56.5 Å². The molecule has 7 heteroatoms. The van der Waals surface area contributed by atoms with E-state index in [2.05, 4.69) is 21.7 Å². The Bertz CT molecular complexity index is 1130. The first-order valence-electron chi connectivity index (χ1n) is 11.8. The highest BCUT2D eigenvalue weighted by atomic mass is 35.5. The number of rotatable bonds is 4. The lowest BCUT2D eigenvalue weighted by Gasteiger charge is -2.41. The van der Waals surface area contributed by atoms with Crippen molar-refractivity contribution in [2.45, 2.75) is 44.9 Å². The zero-order valence-corrected chi connectivity index (χ0v) is 20.1. The first-order chi connectivity index (χ1) is 16.0. The van der Waals surface area contributed by atoms with Gasteiger partial charge in [-0.25, -0.2) is 9.67 Å². The van der Waals surface area contributed by atoms with Crippen molar-refractivity contribution in [3.05, 3.63) is 70.6 Å². The number of carbonyl (C=O) groups is 1. The number of aryl methyl sites for hydroxylation is 1. The van der Waals surface area contributed by atoms with Crippen molar-refractivity contribution in [2.75, 3.05) is 31.1 Å². The first kappa shape index (κ1) is 22.0. The summed E-state index contributed by atoms with van der Waals surface area (Å²) in [5, 5.41) is 5.46. The summed E-state index contributed by atoms with van der Waals surface area (Å²) in [4.78, 5) is 22.7. The number of carbonyl (C=O) groups excluding carboxylic acids is 1. The summed E-state index contributed by atoms with van der Waals surface area (Å²) in [6, 6.07) is 13.8. The van der Waals surface area contributed by atoms with E-state index in [1.54, 1.807) is 6.20 Å². The van der Waals surface area contributed by atoms with E-state index in [9.17, 15) is 4.79 Å². The Balaban J connectivity index is 1.34. The van der Waals surface area contributed by atoms with Crippen molar-refractivity contribution in [3.63, 3.8) is 0 Å². The molecule has 0 N–H and O–H groups in total. The summed E-state index contributed by atoms with van der Waals surface area (Å²) >= 11 is 6.12. The maximum Gasteiger partial charge on any atom is 0.233 e. The van der Waals surface area contributed by atoms with Crippen LogP contribution in [-0.2, 0) is 10.2 Å². The molecule has 3 aromatic rings. The van der Waals surface area contributed by atoms with Gasteiger partial charge in [0.1, 0.15) is 0 Å². The molecule has 2 aliphatic rings. The third-order valence-corrected chi connectivity index (χ3v) is 7.52. The van der Waals surface area contributed by atoms with E-state index in [1.807, 2.05) is 54.1 Å². The minimum absolute atomic E-state index is 0.277. The minimum Gasteiger partial charge on any atom is -0.365 e.